The smallest absolute Gasteiger partial charge is 0.145 e. The molecule has 5 heteroatoms. The normalized spacial score (nSPS) is 11.5. The zero-order valence-electron chi connectivity index (χ0n) is 41.6. The Labute approximate surface area is 465 Å². The maximum atomic E-state index is 7.22. The zero-order chi connectivity index (χ0) is 51.4. The Balaban J connectivity index is 0.951. The summed E-state index contributed by atoms with van der Waals surface area (Å²) in [4.78, 5) is 2.26. The molecule has 2 aromatic heterocycles. The molecule has 0 amide bonds. The van der Waals surface area contributed by atoms with E-state index >= 15 is 0 Å². The van der Waals surface area contributed by atoms with Crippen LogP contribution in [-0.4, -0.2) is 4.57 Å². The summed E-state index contributed by atoms with van der Waals surface area (Å²) >= 11 is 9.67. The summed E-state index contributed by atoms with van der Waals surface area (Å²) in [6, 6.07) is 99.9. The molecule has 0 unspecified atom stereocenters. The molecule has 77 heavy (non-hydrogen) atoms. The summed E-state index contributed by atoms with van der Waals surface area (Å²) in [7, 11) is 0. The second kappa shape index (κ2) is 19.6. The van der Waals surface area contributed by atoms with Gasteiger partial charge in [0.25, 0.3) is 0 Å². The molecule has 0 radical (unpaired) electrons. The summed E-state index contributed by atoms with van der Waals surface area (Å²) in [5, 5.41) is 5.00. The summed E-state index contributed by atoms with van der Waals surface area (Å²) in [6.07, 6.45) is 0. The minimum Gasteiger partial charge on any atom is -0.455 e. The number of aromatic nitrogens is 1. The molecule has 0 aliphatic carbocycles. The maximum Gasteiger partial charge on any atom is 0.145 e. The number of benzene rings is 12. The van der Waals surface area contributed by atoms with Crippen molar-refractivity contribution in [3.63, 3.8) is 0 Å². The second-order valence-electron chi connectivity index (χ2n) is 19.5. The van der Waals surface area contributed by atoms with E-state index < -0.39 is 0 Å². The van der Waals surface area contributed by atoms with E-state index in [1.165, 1.54) is 31.4 Å². The first-order chi connectivity index (χ1) is 38.0. The third-order valence-electron chi connectivity index (χ3n) is 14.8. The van der Waals surface area contributed by atoms with Gasteiger partial charge in [-0.2, -0.15) is 0 Å². The van der Waals surface area contributed by atoms with Gasteiger partial charge in [0.1, 0.15) is 11.2 Å². The molecular weight excluding hydrogens is 1070 g/mol. The number of rotatable bonds is 10. The monoisotopic (exact) mass is 1120 g/mol. The fraction of sp³-hybridized carbons (Fsp3) is 0. The van der Waals surface area contributed by atoms with Crippen LogP contribution < -0.4 is 4.90 Å². The standard InChI is InChI=1S/C72H46ClIN2O/c73-56-39-55(44-61(45-56)75(58-23-9-3-10-24-58)59-25-11-4-12-26-59)66-46-67-64-29-15-17-31-68(64)76(71(67)70-65-30-16-18-32-69(65)77-72(66)70)60-42-52(48-21-7-2-8-22-48)37-53(43-60)49-33-35-50(36-34-49)62-27-13-14-28-63(62)54-38-51(40-57(74)41-54)47-19-5-1-6-20-47/h1-46H. The van der Waals surface area contributed by atoms with Crippen LogP contribution in [0.3, 0.4) is 0 Å². The number of fused-ring (bicyclic) bond motifs is 7. The number of hydrogen-bond donors (Lipinski definition) is 0. The molecule has 0 saturated heterocycles. The van der Waals surface area contributed by atoms with Crippen LogP contribution in [0.5, 0.6) is 0 Å². The largest absolute Gasteiger partial charge is 0.455 e. The van der Waals surface area contributed by atoms with E-state index in [2.05, 4.69) is 293 Å². The molecule has 14 aromatic rings. The predicted molar refractivity (Wildman–Crippen MR) is 333 cm³/mol. The number of para-hydroxylation sites is 4. The molecular formula is C72H46ClIN2O. The van der Waals surface area contributed by atoms with Crippen molar-refractivity contribution >= 4 is 95.0 Å². The van der Waals surface area contributed by atoms with Gasteiger partial charge in [0.2, 0.25) is 0 Å². The van der Waals surface area contributed by atoms with E-state index in [1.54, 1.807) is 0 Å². The average Bonchev–Trinajstić information content (AvgIpc) is 4.28. The fourth-order valence-corrected chi connectivity index (χ4v) is 12.3. The number of anilines is 3. The van der Waals surface area contributed by atoms with Gasteiger partial charge >= 0.3 is 0 Å². The molecule has 0 spiro atoms. The van der Waals surface area contributed by atoms with Crippen molar-refractivity contribution in [3.8, 4) is 72.4 Å². The van der Waals surface area contributed by atoms with Gasteiger partial charge < -0.3 is 13.9 Å². The third kappa shape index (κ3) is 8.56. The lowest BCUT2D eigenvalue weighted by Crippen LogP contribution is -2.09. The number of halogens is 2. The molecule has 0 aliphatic rings. The summed E-state index contributed by atoms with van der Waals surface area (Å²) < 4.78 is 10.7. The van der Waals surface area contributed by atoms with E-state index in [1.807, 2.05) is 18.2 Å². The molecule has 12 aromatic carbocycles. The SMILES string of the molecule is Clc1cc(-c2cc3c4ccccc4n(-c4cc(-c5ccccc5)cc(-c5ccc(-c6ccccc6-c6cc(I)cc(-c7ccccc7)c6)cc5)c4)c3c3c2oc2ccccc23)cc(N(c2ccccc2)c2ccccc2)c1. The molecule has 0 aliphatic heterocycles. The van der Waals surface area contributed by atoms with Crippen molar-refractivity contribution in [3.05, 3.63) is 288 Å². The lowest BCUT2D eigenvalue weighted by molar-refractivity contribution is 0.670. The molecule has 364 valence electrons. The van der Waals surface area contributed by atoms with Crippen molar-refractivity contribution in [2.45, 2.75) is 0 Å². The Hall–Kier alpha value is -8.94. The van der Waals surface area contributed by atoms with Crippen LogP contribution in [0.15, 0.2) is 283 Å². The lowest BCUT2D eigenvalue weighted by Gasteiger charge is -2.26. The molecule has 3 nitrogen and oxygen atoms in total. The first-order valence-electron chi connectivity index (χ1n) is 25.8. The second-order valence-corrected chi connectivity index (χ2v) is 21.2. The zero-order valence-corrected chi connectivity index (χ0v) is 44.5. The van der Waals surface area contributed by atoms with Crippen LogP contribution in [0.25, 0.3) is 116 Å². The van der Waals surface area contributed by atoms with E-state index in [0.717, 1.165) is 105 Å². The molecule has 14 rings (SSSR count). The average molecular weight is 1120 g/mol. The van der Waals surface area contributed by atoms with Crippen LogP contribution in [0, 0.1) is 3.57 Å². The Morgan fingerprint density at radius 3 is 1.51 bits per heavy atom. The third-order valence-corrected chi connectivity index (χ3v) is 15.7. The maximum absolute atomic E-state index is 7.22. The van der Waals surface area contributed by atoms with Crippen LogP contribution >= 0.6 is 34.2 Å². The molecule has 0 N–H and O–H groups in total. The molecule has 0 saturated carbocycles. The topological polar surface area (TPSA) is 21.3 Å². The van der Waals surface area contributed by atoms with Crippen LogP contribution in [0.4, 0.5) is 17.1 Å². The van der Waals surface area contributed by atoms with Gasteiger partial charge in [0.15, 0.2) is 0 Å². The minimum atomic E-state index is 0.632. The number of nitrogens with zero attached hydrogens (tertiary/aromatic N) is 2. The number of hydrogen-bond acceptors (Lipinski definition) is 2. The van der Waals surface area contributed by atoms with Gasteiger partial charge in [-0.3, -0.25) is 0 Å². The van der Waals surface area contributed by atoms with Gasteiger partial charge in [-0.05, 0) is 181 Å². The van der Waals surface area contributed by atoms with E-state index in [4.69, 9.17) is 16.0 Å². The van der Waals surface area contributed by atoms with Crippen molar-refractivity contribution in [2.75, 3.05) is 4.90 Å². The molecule has 2 heterocycles. The predicted octanol–water partition coefficient (Wildman–Crippen LogP) is 21.4. The van der Waals surface area contributed by atoms with Gasteiger partial charge in [-0.15, -0.1) is 0 Å². The van der Waals surface area contributed by atoms with Gasteiger partial charge in [0.05, 0.1) is 16.4 Å². The quantitative estimate of drug-likeness (QED) is 0.127. The Morgan fingerprint density at radius 1 is 0.351 bits per heavy atom. The highest BCUT2D eigenvalue weighted by molar-refractivity contribution is 14.1. The van der Waals surface area contributed by atoms with Crippen LogP contribution in [0.2, 0.25) is 5.02 Å². The van der Waals surface area contributed by atoms with E-state index in [-0.39, 0.29) is 0 Å². The highest BCUT2D eigenvalue weighted by atomic mass is 127. The minimum absolute atomic E-state index is 0.632. The van der Waals surface area contributed by atoms with Gasteiger partial charge in [-0.25, -0.2) is 0 Å². The van der Waals surface area contributed by atoms with Crippen LogP contribution in [0.1, 0.15) is 0 Å². The summed E-state index contributed by atoms with van der Waals surface area (Å²) in [5.41, 5.74) is 21.5. The van der Waals surface area contributed by atoms with Crippen LogP contribution in [-0.2, 0) is 0 Å². The Kier molecular flexibility index (Phi) is 11.9. The summed E-state index contributed by atoms with van der Waals surface area (Å²) in [5.74, 6) is 0. The van der Waals surface area contributed by atoms with Crippen molar-refractivity contribution in [1.29, 1.82) is 0 Å². The summed E-state index contributed by atoms with van der Waals surface area (Å²) in [6.45, 7) is 0. The Bertz CT molecular complexity index is 4470. The van der Waals surface area contributed by atoms with Crippen molar-refractivity contribution in [2.24, 2.45) is 0 Å². The van der Waals surface area contributed by atoms with E-state index in [0.29, 0.717) is 5.02 Å². The highest BCUT2D eigenvalue weighted by Gasteiger charge is 2.25. The molecule has 0 atom stereocenters. The van der Waals surface area contributed by atoms with Gasteiger partial charge in [0, 0.05) is 53.1 Å². The van der Waals surface area contributed by atoms with E-state index in [9.17, 15) is 0 Å². The fourth-order valence-electron chi connectivity index (χ4n) is 11.4. The first-order valence-corrected chi connectivity index (χ1v) is 27.3. The highest BCUT2D eigenvalue weighted by Crippen LogP contribution is 2.48. The molecule has 0 fully saturated rings. The molecule has 0 bridgehead atoms. The Morgan fingerprint density at radius 2 is 0.844 bits per heavy atom. The van der Waals surface area contributed by atoms with Crippen molar-refractivity contribution in [1.82, 2.24) is 4.57 Å². The lowest BCUT2D eigenvalue weighted by atomic mass is 9.91. The van der Waals surface area contributed by atoms with Crippen molar-refractivity contribution < 1.29 is 4.42 Å². The number of furan rings is 1. The first kappa shape index (κ1) is 46.6. The van der Waals surface area contributed by atoms with Gasteiger partial charge in [-0.1, -0.05) is 194 Å².